The summed E-state index contributed by atoms with van der Waals surface area (Å²) >= 11 is 0. The Labute approximate surface area is 127 Å². The Bertz CT molecular complexity index is 810. The normalized spacial score (nSPS) is 22.8. The van der Waals surface area contributed by atoms with Crippen molar-refractivity contribution in [1.29, 1.82) is 0 Å². The Morgan fingerprint density at radius 3 is 2.50 bits per heavy atom. The van der Waals surface area contributed by atoms with Crippen molar-refractivity contribution in [3.63, 3.8) is 0 Å². The van der Waals surface area contributed by atoms with E-state index in [9.17, 15) is 9.59 Å². The number of hydrogen-bond donors (Lipinski definition) is 1. The zero-order chi connectivity index (χ0) is 15.2. The molecule has 4 rings (SSSR count). The van der Waals surface area contributed by atoms with Gasteiger partial charge >= 0.3 is 5.97 Å². The van der Waals surface area contributed by atoms with E-state index in [0.29, 0.717) is 12.1 Å². The number of hydrogen-bond acceptors (Lipinski definition) is 3. The minimum absolute atomic E-state index is 0.288. The lowest BCUT2D eigenvalue weighted by molar-refractivity contribution is -0.163. The van der Waals surface area contributed by atoms with Gasteiger partial charge in [0.05, 0.1) is 0 Å². The summed E-state index contributed by atoms with van der Waals surface area (Å²) in [7, 11) is 0. The molecule has 1 N–H and O–H groups in total. The number of para-hydroxylation sites is 1. The summed E-state index contributed by atoms with van der Waals surface area (Å²) in [5, 5.41) is 2.81. The number of esters is 1. The van der Waals surface area contributed by atoms with Crippen LogP contribution in [0.4, 0.5) is 5.69 Å². The van der Waals surface area contributed by atoms with Crippen LogP contribution in [0.3, 0.4) is 0 Å². The van der Waals surface area contributed by atoms with Crippen molar-refractivity contribution in [2.75, 3.05) is 5.32 Å². The number of rotatable bonds is 1. The van der Waals surface area contributed by atoms with E-state index in [0.717, 1.165) is 16.7 Å². The maximum atomic E-state index is 12.5. The molecule has 22 heavy (non-hydrogen) atoms. The Kier molecular flexibility index (Phi) is 2.66. The number of anilines is 1. The number of ether oxygens (including phenoxy) is 1. The van der Waals surface area contributed by atoms with Crippen molar-refractivity contribution in [3.8, 4) is 0 Å². The van der Waals surface area contributed by atoms with Crippen LogP contribution in [0.15, 0.2) is 60.7 Å². The van der Waals surface area contributed by atoms with E-state index in [4.69, 9.17) is 4.74 Å². The third kappa shape index (κ3) is 1.77. The van der Waals surface area contributed by atoms with Crippen LogP contribution in [-0.2, 0) is 19.9 Å². The summed E-state index contributed by atoms with van der Waals surface area (Å²) in [4.78, 5) is 24.6. The molecule has 1 spiro atoms. The number of carbonyl (C=O) groups is 2. The summed E-state index contributed by atoms with van der Waals surface area (Å²) in [6, 6.07) is 16.9. The minimum atomic E-state index is -1.26. The van der Waals surface area contributed by atoms with E-state index in [2.05, 4.69) is 5.32 Å². The highest BCUT2D eigenvalue weighted by molar-refractivity contribution is 6.09. The lowest BCUT2D eigenvalue weighted by atomic mass is 9.84. The summed E-state index contributed by atoms with van der Waals surface area (Å²) < 4.78 is 5.50. The van der Waals surface area contributed by atoms with Crippen LogP contribution in [0, 0.1) is 0 Å². The van der Waals surface area contributed by atoms with E-state index >= 15 is 0 Å². The second kappa shape index (κ2) is 4.56. The zero-order valence-corrected chi connectivity index (χ0v) is 11.7. The predicted molar refractivity (Wildman–Crippen MR) is 81.9 cm³/mol. The van der Waals surface area contributed by atoms with Gasteiger partial charge in [0.25, 0.3) is 5.91 Å². The van der Waals surface area contributed by atoms with Crippen molar-refractivity contribution in [2.45, 2.75) is 12.0 Å². The van der Waals surface area contributed by atoms with Gasteiger partial charge in [-0.1, -0.05) is 48.5 Å². The van der Waals surface area contributed by atoms with Gasteiger partial charge in [-0.05, 0) is 17.2 Å². The summed E-state index contributed by atoms with van der Waals surface area (Å²) in [5.41, 5.74) is 1.90. The molecule has 2 aliphatic heterocycles. The van der Waals surface area contributed by atoms with Crippen LogP contribution in [0.5, 0.6) is 0 Å². The van der Waals surface area contributed by atoms with Crippen molar-refractivity contribution in [2.24, 2.45) is 0 Å². The highest BCUT2D eigenvalue weighted by Crippen LogP contribution is 2.46. The standard InChI is InChI=1S/C18H13NO3/c20-16-10-13(12-6-2-1-3-7-12)11-18(22-16)14-8-4-5-9-15(14)19-17(18)21/h1-10H,11H2,(H,19,21). The molecule has 0 saturated carbocycles. The molecule has 2 aliphatic rings. The van der Waals surface area contributed by atoms with Crippen LogP contribution in [0.25, 0.3) is 5.57 Å². The number of nitrogens with one attached hydrogen (secondary N) is 1. The summed E-state index contributed by atoms with van der Waals surface area (Å²) in [6.07, 6.45) is 1.81. The van der Waals surface area contributed by atoms with E-state index in [1.54, 1.807) is 0 Å². The van der Waals surface area contributed by atoms with Crippen molar-refractivity contribution in [1.82, 2.24) is 0 Å². The van der Waals surface area contributed by atoms with Gasteiger partial charge in [0.2, 0.25) is 5.60 Å². The molecule has 2 heterocycles. The van der Waals surface area contributed by atoms with E-state index in [1.165, 1.54) is 6.08 Å². The zero-order valence-electron chi connectivity index (χ0n) is 11.7. The van der Waals surface area contributed by atoms with Crippen molar-refractivity contribution in [3.05, 3.63) is 71.8 Å². The molecule has 0 aliphatic carbocycles. The maximum absolute atomic E-state index is 12.5. The average molecular weight is 291 g/mol. The molecule has 0 fully saturated rings. The molecule has 4 heteroatoms. The molecule has 2 aromatic carbocycles. The van der Waals surface area contributed by atoms with Gasteiger partial charge in [0, 0.05) is 23.7 Å². The molecule has 4 nitrogen and oxygen atoms in total. The third-order valence-corrected chi connectivity index (χ3v) is 4.13. The fourth-order valence-electron chi connectivity index (χ4n) is 3.10. The molecule has 2 aromatic rings. The van der Waals surface area contributed by atoms with Crippen LogP contribution < -0.4 is 5.32 Å². The first-order valence-corrected chi connectivity index (χ1v) is 7.09. The lowest BCUT2D eigenvalue weighted by Crippen LogP contribution is -2.41. The minimum Gasteiger partial charge on any atom is -0.440 e. The molecule has 0 radical (unpaired) electrons. The number of amides is 1. The highest BCUT2D eigenvalue weighted by Gasteiger charge is 2.52. The number of benzene rings is 2. The summed E-state index contributed by atoms with van der Waals surface area (Å²) in [5.74, 6) is -0.777. The lowest BCUT2D eigenvalue weighted by Gasteiger charge is -2.31. The van der Waals surface area contributed by atoms with Gasteiger partial charge in [-0.3, -0.25) is 4.79 Å². The van der Waals surface area contributed by atoms with Gasteiger partial charge < -0.3 is 10.1 Å². The first-order valence-electron chi connectivity index (χ1n) is 7.09. The van der Waals surface area contributed by atoms with Gasteiger partial charge in [-0.15, -0.1) is 0 Å². The van der Waals surface area contributed by atoms with E-state index < -0.39 is 11.6 Å². The van der Waals surface area contributed by atoms with Gasteiger partial charge in [0.1, 0.15) is 0 Å². The second-order valence-electron chi connectivity index (χ2n) is 5.46. The third-order valence-electron chi connectivity index (χ3n) is 4.13. The predicted octanol–water partition coefficient (Wildman–Crippen LogP) is 2.86. The fourth-order valence-corrected chi connectivity index (χ4v) is 3.10. The Hall–Kier alpha value is -2.88. The molecule has 108 valence electrons. The van der Waals surface area contributed by atoms with Crippen molar-refractivity contribution < 1.29 is 14.3 Å². The fraction of sp³-hybridized carbons (Fsp3) is 0.111. The maximum Gasteiger partial charge on any atom is 0.332 e. The summed E-state index contributed by atoms with van der Waals surface area (Å²) in [6.45, 7) is 0. The molecule has 0 bridgehead atoms. The van der Waals surface area contributed by atoms with Crippen molar-refractivity contribution >= 4 is 23.1 Å². The SMILES string of the molecule is O=C1C=C(c2ccccc2)CC2(O1)C(=O)Nc1ccccc12. The first kappa shape index (κ1) is 12.8. The molecule has 1 unspecified atom stereocenters. The average Bonchev–Trinajstić information content (AvgIpc) is 2.80. The molecule has 1 atom stereocenters. The van der Waals surface area contributed by atoms with Crippen LogP contribution in [0.1, 0.15) is 17.5 Å². The molecular formula is C18H13NO3. The smallest absolute Gasteiger partial charge is 0.332 e. The van der Waals surface area contributed by atoms with Crippen LogP contribution in [0.2, 0.25) is 0 Å². The van der Waals surface area contributed by atoms with Crippen LogP contribution in [-0.4, -0.2) is 11.9 Å². The largest absolute Gasteiger partial charge is 0.440 e. The first-order chi connectivity index (χ1) is 10.7. The monoisotopic (exact) mass is 291 g/mol. The van der Waals surface area contributed by atoms with E-state index in [-0.39, 0.29) is 5.91 Å². The number of carbonyl (C=O) groups excluding carboxylic acids is 2. The molecular weight excluding hydrogens is 278 g/mol. The number of fused-ring (bicyclic) bond motifs is 2. The quantitative estimate of drug-likeness (QED) is 0.822. The van der Waals surface area contributed by atoms with Gasteiger partial charge in [0.15, 0.2) is 0 Å². The molecule has 0 saturated heterocycles. The Morgan fingerprint density at radius 1 is 0.955 bits per heavy atom. The Balaban J connectivity index is 1.84. The second-order valence-corrected chi connectivity index (χ2v) is 5.46. The molecule has 1 amide bonds. The molecule has 0 aromatic heterocycles. The van der Waals surface area contributed by atoms with Crippen LogP contribution >= 0.6 is 0 Å². The topological polar surface area (TPSA) is 55.4 Å². The van der Waals surface area contributed by atoms with Gasteiger partial charge in [-0.25, -0.2) is 4.79 Å². The van der Waals surface area contributed by atoms with Gasteiger partial charge in [-0.2, -0.15) is 0 Å². The van der Waals surface area contributed by atoms with E-state index in [1.807, 2.05) is 54.6 Å². The highest BCUT2D eigenvalue weighted by atomic mass is 16.6. The Morgan fingerprint density at radius 2 is 1.68 bits per heavy atom.